The van der Waals surface area contributed by atoms with E-state index in [1.807, 2.05) is 18.2 Å². The zero-order chi connectivity index (χ0) is 11.8. The summed E-state index contributed by atoms with van der Waals surface area (Å²) in [5.41, 5.74) is 7.44. The molecular weight excluding hydrogens is 226 g/mol. The molecule has 16 heavy (non-hydrogen) atoms. The van der Waals surface area contributed by atoms with Crippen LogP contribution in [0.1, 0.15) is 24.0 Å². The molecule has 3 nitrogen and oxygen atoms in total. The van der Waals surface area contributed by atoms with E-state index >= 15 is 0 Å². The summed E-state index contributed by atoms with van der Waals surface area (Å²) >= 11 is 6.10. The van der Waals surface area contributed by atoms with Crippen molar-refractivity contribution in [2.75, 3.05) is 6.54 Å². The van der Waals surface area contributed by atoms with Crippen molar-refractivity contribution in [3.63, 3.8) is 0 Å². The first kappa shape index (κ1) is 11.4. The van der Waals surface area contributed by atoms with Crippen molar-refractivity contribution >= 4 is 17.6 Å². The van der Waals surface area contributed by atoms with Crippen LogP contribution in [0, 0.1) is 0 Å². The van der Waals surface area contributed by atoms with E-state index in [-0.39, 0.29) is 6.42 Å². The topological polar surface area (TPSA) is 63.3 Å². The smallest absolute Gasteiger partial charge is 0.304 e. The fourth-order valence-electron chi connectivity index (χ4n) is 2.57. The Morgan fingerprint density at radius 2 is 2.31 bits per heavy atom. The lowest BCUT2D eigenvalue weighted by molar-refractivity contribution is -0.138. The van der Waals surface area contributed by atoms with Gasteiger partial charge in [-0.3, -0.25) is 4.79 Å². The number of fused-ring (bicyclic) bond motifs is 1. The highest BCUT2D eigenvalue weighted by Crippen LogP contribution is 2.43. The Bertz CT molecular complexity index is 433. The first-order valence-corrected chi connectivity index (χ1v) is 5.66. The van der Waals surface area contributed by atoms with Crippen molar-refractivity contribution in [1.82, 2.24) is 0 Å². The lowest BCUT2D eigenvalue weighted by Crippen LogP contribution is -2.35. The maximum Gasteiger partial charge on any atom is 0.304 e. The number of nitrogens with two attached hydrogens (primary N) is 1. The molecule has 0 saturated carbocycles. The number of carbonyl (C=O) groups is 1. The molecule has 0 amide bonds. The molecule has 1 aromatic carbocycles. The lowest BCUT2D eigenvalue weighted by atomic mass is 9.79. The predicted molar refractivity (Wildman–Crippen MR) is 62.8 cm³/mol. The van der Waals surface area contributed by atoms with Crippen molar-refractivity contribution in [3.8, 4) is 0 Å². The molecule has 1 atom stereocenters. The fourth-order valence-corrected chi connectivity index (χ4v) is 2.83. The summed E-state index contributed by atoms with van der Waals surface area (Å²) < 4.78 is 0. The van der Waals surface area contributed by atoms with Crippen LogP contribution < -0.4 is 5.73 Å². The van der Waals surface area contributed by atoms with Crippen LogP contribution in [0.3, 0.4) is 0 Å². The van der Waals surface area contributed by atoms with Gasteiger partial charge in [0.25, 0.3) is 0 Å². The van der Waals surface area contributed by atoms with Crippen LogP contribution in [0.5, 0.6) is 0 Å². The maximum atomic E-state index is 10.9. The second kappa shape index (κ2) is 4.07. The van der Waals surface area contributed by atoms with Gasteiger partial charge in [0.1, 0.15) is 0 Å². The van der Waals surface area contributed by atoms with Crippen molar-refractivity contribution in [2.45, 2.75) is 24.7 Å². The Morgan fingerprint density at radius 3 is 2.94 bits per heavy atom. The van der Waals surface area contributed by atoms with Crippen LogP contribution in [0.25, 0.3) is 0 Å². The minimum atomic E-state index is -0.807. The van der Waals surface area contributed by atoms with E-state index in [0.717, 1.165) is 29.0 Å². The van der Waals surface area contributed by atoms with Gasteiger partial charge in [-0.15, -0.1) is 0 Å². The van der Waals surface area contributed by atoms with Crippen LogP contribution in [-0.4, -0.2) is 17.6 Å². The maximum absolute atomic E-state index is 10.9. The molecular formula is C12H14ClNO2. The molecule has 1 aromatic rings. The van der Waals surface area contributed by atoms with E-state index in [4.69, 9.17) is 22.4 Å². The molecule has 0 bridgehead atoms. The number of benzene rings is 1. The number of rotatable bonds is 3. The molecule has 0 aliphatic heterocycles. The molecule has 1 unspecified atom stereocenters. The standard InChI is InChI=1S/C12H14ClNO2/c13-10-3-1-2-9-8(10)4-5-12(9,7-14)6-11(15)16/h1-3H,4-7,14H2,(H,15,16). The average Bonchev–Trinajstić information content (AvgIpc) is 2.59. The zero-order valence-corrected chi connectivity index (χ0v) is 9.63. The highest BCUT2D eigenvalue weighted by atomic mass is 35.5. The summed E-state index contributed by atoms with van der Waals surface area (Å²) in [6.07, 6.45) is 1.67. The largest absolute Gasteiger partial charge is 0.481 e. The predicted octanol–water partition coefficient (Wildman–Crippen LogP) is 1.96. The van der Waals surface area contributed by atoms with Gasteiger partial charge < -0.3 is 10.8 Å². The quantitative estimate of drug-likeness (QED) is 0.848. The van der Waals surface area contributed by atoms with Gasteiger partial charge in [0.2, 0.25) is 0 Å². The highest BCUT2D eigenvalue weighted by Gasteiger charge is 2.40. The SMILES string of the molecule is NCC1(CC(=O)O)CCc2c(Cl)cccc21. The monoisotopic (exact) mass is 239 g/mol. The third kappa shape index (κ3) is 1.70. The van der Waals surface area contributed by atoms with Crippen LogP contribution in [0.4, 0.5) is 0 Å². The Morgan fingerprint density at radius 1 is 1.56 bits per heavy atom. The number of carboxylic acids is 1. The molecule has 0 heterocycles. The van der Waals surface area contributed by atoms with E-state index in [9.17, 15) is 4.79 Å². The molecule has 0 saturated heterocycles. The summed E-state index contributed by atoms with van der Waals surface area (Å²) in [6.45, 7) is 0.354. The second-order valence-corrected chi connectivity index (χ2v) is 4.73. The van der Waals surface area contributed by atoms with E-state index in [1.165, 1.54) is 0 Å². The number of carboxylic acid groups (broad SMARTS) is 1. The molecule has 0 radical (unpaired) electrons. The van der Waals surface area contributed by atoms with Crippen LogP contribution in [0.2, 0.25) is 5.02 Å². The summed E-state index contributed by atoms with van der Waals surface area (Å²) in [5, 5.41) is 9.70. The molecule has 1 aliphatic rings. The van der Waals surface area contributed by atoms with Gasteiger partial charge >= 0.3 is 5.97 Å². The van der Waals surface area contributed by atoms with Crippen LogP contribution >= 0.6 is 11.6 Å². The van der Waals surface area contributed by atoms with Crippen molar-refractivity contribution in [3.05, 3.63) is 34.3 Å². The Labute approximate surface area is 99.2 Å². The number of halogens is 1. The minimum Gasteiger partial charge on any atom is -0.481 e. The van der Waals surface area contributed by atoms with Gasteiger partial charge in [0, 0.05) is 17.0 Å². The average molecular weight is 240 g/mol. The van der Waals surface area contributed by atoms with Crippen molar-refractivity contribution in [1.29, 1.82) is 0 Å². The number of aliphatic carboxylic acids is 1. The molecule has 0 aromatic heterocycles. The number of hydrogen-bond acceptors (Lipinski definition) is 2. The summed E-state index contributed by atoms with van der Waals surface area (Å²) in [6, 6.07) is 5.65. The molecule has 3 N–H and O–H groups in total. The Balaban J connectivity index is 2.47. The minimum absolute atomic E-state index is 0.0802. The normalized spacial score (nSPS) is 23.1. The Hall–Kier alpha value is -1.06. The summed E-state index contributed by atoms with van der Waals surface area (Å²) in [7, 11) is 0. The van der Waals surface area contributed by atoms with Crippen LogP contribution in [0.15, 0.2) is 18.2 Å². The van der Waals surface area contributed by atoms with E-state index in [0.29, 0.717) is 6.54 Å². The molecule has 86 valence electrons. The molecule has 1 aliphatic carbocycles. The molecule has 2 rings (SSSR count). The van der Waals surface area contributed by atoms with Crippen LogP contribution in [-0.2, 0) is 16.6 Å². The fraction of sp³-hybridized carbons (Fsp3) is 0.417. The molecule has 4 heteroatoms. The van der Waals surface area contributed by atoms with Crippen molar-refractivity contribution < 1.29 is 9.90 Å². The van der Waals surface area contributed by atoms with Gasteiger partial charge in [0.15, 0.2) is 0 Å². The number of hydrogen-bond donors (Lipinski definition) is 2. The van der Waals surface area contributed by atoms with E-state index in [2.05, 4.69) is 0 Å². The van der Waals surface area contributed by atoms with Gasteiger partial charge in [-0.1, -0.05) is 23.7 Å². The van der Waals surface area contributed by atoms with Gasteiger partial charge in [0.05, 0.1) is 6.42 Å². The lowest BCUT2D eigenvalue weighted by Gasteiger charge is -2.26. The molecule has 0 fully saturated rings. The van der Waals surface area contributed by atoms with Crippen molar-refractivity contribution in [2.24, 2.45) is 5.73 Å². The third-order valence-electron chi connectivity index (χ3n) is 3.42. The van der Waals surface area contributed by atoms with E-state index < -0.39 is 11.4 Å². The highest BCUT2D eigenvalue weighted by molar-refractivity contribution is 6.31. The van der Waals surface area contributed by atoms with Gasteiger partial charge in [-0.05, 0) is 30.0 Å². The first-order chi connectivity index (χ1) is 7.59. The second-order valence-electron chi connectivity index (χ2n) is 4.32. The summed E-state index contributed by atoms with van der Waals surface area (Å²) in [4.78, 5) is 10.9. The summed E-state index contributed by atoms with van der Waals surface area (Å²) in [5.74, 6) is -0.807. The third-order valence-corrected chi connectivity index (χ3v) is 3.78. The zero-order valence-electron chi connectivity index (χ0n) is 8.87. The molecule has 0 spiro atoms. The van der Waals surface area contributed by atoms with E-state index in [1.54, 1.807) is 0 Å². The first-order valence-electron chi connectivity index (χ1n) is 5.29. The van der Waals surface area contributed by atoms with Gasteiger partial charge in [-0.25, -0.2) is 0 Å². The van der Waals surface area contributed by atoms with Gasteiger partial charge in [-0.2, -0.15) is 0 Å². The Kier molecular flexibility index (Phi) is 2.91.